The van der Waals surface area contributed by atoms with E-state index in [-0.39, 0.29) is 18.1 Å². The van der Waals surface area contributed by atoms with Crippen molar-refractivity contribution in [3.8, 4) is 0 Å². The molecule has 3 N–H and O–H groups in total. The van der Waals surface area contributed by atoms with Crippen molar-refractivity contribution in [2.75, 3.05) is 6.54 Å². The Labute approximate surface area is 109 Å². The van der Waals surface area contributed by atoms with Crippen LogP contribution in [-0.4, -0.2) is 50.5 Å². The number of carbonyl (C=O) groups is 3. The molecule has 2 amide bonds. The van der Waals surface area contributed by atoms with Gasteiger partial charge in [0.05, 0.1) is 6.20 Å². The van der Waals surface area contributed by atoms with Gasteiger partial charge in [0.2, 0.25) is 11.8 Å². The number of aromatic nitrogens is 3. The van der Waals surface area contributed by atoms with Crippen molar-refractivity contribution in [1.29, 1.82) is 0 Å². The first-order chi connectivity index (χ1) is 8.93. The lowest BCUT2D eigenvalue weighted by Crippen LogP contribution is -2.45. The summed E-state index contributed by atoms with van der Waals surface area (Å²) in [6.07, 6.45) is 1.14. The van der Waals surface area contributed by atoms with Gasteiger partial charge >= 0.3 is 5.97 Å². The molecule has 9 heteroatoms. The van der Waals surface area contributed by atoms with Gasteiger partial charge in [0.15, 0.2) is 5.69 Å². The molecule has 104 valence electrons. The predicted octanol–water partition coefficient (Wildman–Crippen LogP) is -1.38. The summed E-state index contributed by atoms with van der Waals surface area (Å²) in [5, 5.41) is 20.5. The van der Waals surface area contributed by atoms with E-state index in [1.54, 1.807) is 13.8 Å². The summed E-state index contributed by atoms with van der Waals surface area (Å²) in [4.78, 5) is 33.5. The Morgan fingerprint density at radius 2 is 2.16 bits per heavy atom. The predicted molar refractivity (Wildman–Crippen MR) is 63.3 cm³/mol. The molecule has 0 aliphatic heterocycles. The average molecular weight is 269 g/mol. The van der Waals surface area contributed by atoms with Crippen molar-refractivity contribution in [3.05, 3.63) is 11.9 Å². The molecule has 0 saturated heterocycles. The van der Waals surface area contributed by atoms with E-state index in [2.05, 4.69) is 20.9 Å². The minimum absolute atomic E-state index is 0.204. The Morgan fingerprint density at radius 3 is 2.68 bits per heavy atom. The lowest BCUT2D eigenvalue weighted by molar-refractivity contribution is -0.128. The SMILES string of the molecule is CCNC(=O)C(C)NC(=O)Cn1cc(C(=O)O)nn1. The van der Waals surface area contributed by atoms with E-state index >= 15 is 0 Å². The Morgan fingerprint density at radius 1 is 1.47 bits per heavy atom. The molecule has 1 aromatic rings. The summed E-state index contributed by atoms with van der Waals surface area (Å²) in [5.74, 6) is -1.97. The maximum Gasteiger partial charge on any atom is 0.358 e. The molecular formula is C10H15N5O4. The van der Waals surface area contributed by atoms with E-state index < -0.39 is 17.9 Å². The van der Waals surface area contributed by atoms with Gasteiger partial charge in [-0.1, -0.05) is 5.21 Å². The third-order valence-corrected chi connectivity index (χ3v) is 2.19. The highest BCUT2D eigenvalue weighted by Crippen LogP contribution is 1.93. The van der Waals surface area contributed by atoms with Gasteiger partial charge in [0, 0.05) is 6.54 Å². The number of likely N-dealkylation sites (N-methyl/N-ethyl adjacent to an activating group) is 1. The van der Waals surface area contributed by atoms with E-state index in [0.717, 1.165) is 10.9 Å². The topological polar surface area (TPSA) is 126 Å². The van der Waals surface area contributed by atoms with E-state index in [4.69, 9.17) is 5.11 Å². The first-order valence-corrected chi connectivity index (χ1v) is 5.64. The Hall–Kier alpha value is -2.45. The second-order valence-electron chi connectivity index (χ2n) is 3.79. The fourth-order valence-electron chi connectivity index (χ4n) is 1.30. The molecule has 0 fully saturated rings. The molecule has 0 bridgehead atoms. The van der Waals surface area contributed by atoms with Gasteiger partial charge < -0.3 is 15.7 Å². The summed E-state index contributed by atoms with van der Waals surface area (Å²) in [5.41, 5.74) is -0.246. The molecule has 0 saturated carbocycles. The third-order valence-electron chi connectivity index (χ3n) is 2.19. The van der Waals surface area contributed by atoms with Crippen molar-refractivity contribution < 1.29 is 19.5 Å². The van der Waals surface area contributed by atoms with Crippen molar-refractivity contribution in [1.82, 2.24) is 25.6 Å². The summed E-state index contributed by atoms with van der Waals surface area (Å²) in [6, 6.07) is -0.671. The van der Waals surface area contributed by atoms with E-state index in [1.807, 2.05) is 0 Å². The van der Waals surface area contributed by atoms with Crippen LogP contribution in [0.5, 0.6) is 0 Å². The average Bonchev–Trinajstić information content (AvgIpc) is 2.77. The second-order valence-corrected chi connectivity index (χ2v) is 3.79. The van der Waals surface area contributed by atoms with Crippen LogP contribution in [0.25, 0.3) is 0 Å². The molecule has 1 atom stereocenters. The Balaban J connectivity index is 2.50. The van der Waals surface area contributed by atoms with Crippen LogP contribution in [0.1, 0.15) is 24.3 Å². The van der Waals surface area contributed by atoms with Crippen LogP contribution in [0.4, 0.5) is 0 Å². The molecular weight excluding hydrogens is 254 g/mol. The number of rotatable bonds is 6. The van der Waals surface area contributed by atoms with Crippen LogP contribution in [0.2, 0.25) is 0 Å². The number of carboxylic acid groups (broad SMARTS) is 1. The molecule has 19 heavy (non-hydrogen) atoms. The highest BCUT2D eigenvalue weighted by atomic mass is 16.4. The van der Waals surface area contributed by atoms with Crippen LogP contribution in [0.15, 0.2) is 6.20 Å². The van der Waals surface area contributed by atoms with Crippen molar-refractivity contribution >= 4 is 17.8 Å². The first kappa shape index (κ1) is 14.6. The summed E-state index contributed by atoms with van der Waals surface area (Å²) >= 11 is 0. The highest BCUT2D eigenvalue weighted by Gasteiger charge is 2.16. The summed E-state index contributed by atoms with van der Waals surface area (Å²) in [6.45, 7) is 3.59. The van der Waals surface area contributed by atoms with Gasteiger partial charge in [-0.3, -0.25) is 9.59 Å². The first-order valence-electron chi connectivity index (χ1n) is 5.64. The number of hydrogen-bond donors (Lipinski definition) is 3. The minimum atomic E-state index is -1.22. The van der Waals surface area contributed by atoms with Crippen LogP contribution in [0.3, 0.4) is 0 Å². The minimum Gasteiger partial charge on any atom is -0.476 e. The normalized spacial score (nSPS) is 11.7. The molecule has 0 radical (unpaired) electrons. The molecule has 0 aliphatic carbocycles. The van der Waals surface area contributed by atoms with Crippen LogP contribution < -0.4 is 10.6 Å². The molecule has 1 unspecified atom stereocenters. The maximum absolute atomic E-state index is 11.6. The number of hydrogen-bond acceptors (Lipinski definition) is 5. The molecule has 0 aromatic carbocycles. The largest absolute Gasteiger partial charge is 0.476 e. The summed E-state index contributed by atoms with van der Waals surface area (Å²) in [7, 11) is 0. The summed E-state index contributed by atoms with van der Waals surface area (Å²) < 4.78 is 1.09. The quantitative estimate of drug-likeness (QED) is 0.584. The van der Waals surface area contributed by atoms with Gasteiger partial charge in [0.25, 0.3) is 0 Å². The van der Waals surface area contributed by atoms with Gasteiger partial charge in [-0.05, 0) is 13.8 Å². The van der Waals surface area contributed by atoms with Gasteiger partial charge in [-0.25, -0.2) is 9.48 Å². The Bertz CT molecular complexity index is 484. The van der Waals surface area contributed by atoms with E-state index in [1.165, 1.54) is 0 Å². The fourth-order valence-corrected chi connectivity index (χ4v) is 1.30. The third kappa shape index (κ3) is 4.37. The number of carbonyl (C=O) groups excluding carboxylic acids is 2. The van der Waals surface area contributed by atoms with Crippen molar-refractivity contribution in [2.24, 2.45) is 0 Å². The smallest absolute Gasteiger partial charge is 0.358 e. The number of aromatic carboxylic acids is 1. The van der Waals surface area contributed by atoms with Crippen molar-refractivity contribution in [3.63, 3.8) is 0 Å². The molecule has 1 heterocycles. The second kappa shape index (κ2) is 6.47. The lowest BCUT2D eigenvalue weighted by Gasteiger charge is -2.12. The number of amides is 2. The standard InChI is InChI=1S/C10H15N5O4/c1-3-11-9(17)6(2)12-8(16)5-15-4-7(10(18)19)13-14-15/h4,6H,3,5H2,1-2H3,(H,11,17)(H,12,16)(H,18,19). The molecule has 9 nitrogen and oxygen atoms in total. The number of nitrogens with zero attached hydrogens (tertiary/aromatic N) is 3. The zero-order chi connectivity index (χ0) is 14.4. The van der Waals surface area contributed by atoms with E-state index in [0.29, 0.717) is 6.54 Å². The van der Waals surface area contributed by atoms with Gasteiger partial charge in [-0.2, -0.15) is 0 Å². The zero-order valence-electron chi connectivity index (χ0n) is 10.6. The number of nitrogens with one attached hydrogen (secondary N) is 2. The molecule has 0 spiro atoms. The zero-order valence-corrected chi connectivity index (χ0v) is 10.6. The Kier molecular flexibility index (Phi) is 4.98. The van der Waals surface area contributed by atoms with Crippen LogP contribution >= 0.6 is 0 Å². The maximum atomic E-state index is 11.6. The number of carboxylic acids is 1. The fraction of sp³-hybridized carbons (Fsp3) is 0.500. The monoisotopic (exact) mass is 269 g/mol. The lowest BCUT2D eigenvalue weighted by atomic mass is 10.3. The van der Waals surface area contributed by atoms with Gasteiger partial charge in [0.1, 0.15) is 12.6 Å². The van der Waals surface area contributed by atoms with Crippen LogP contribution in [-0.2, 0) is 16.1 Å². The van der Waals surface area contributed by atoms with Crippen molar-refractivity contribution in [2.45, 2.75) is 26.4 Å². The highest BCUT2D eigenvalue weighted by molar-refractivity contribution is 5.87. The molecule has 0 aliphatic rings. The molecule has 1 aromatic heterocycles. The van der Waals surface area contributed by atoms with E-state index in [9.17, 15) is 14.4 Å². The van der Waals surface area contributed by atoms with Gasteiger partial charge in [-0.15, -0.1) is 5.10 Å². The molecule has 1 rings (SSSR count). The van der Waals surface area contributed by atoms with Crippen LogP contribution in [0, 0.1) is 0 Å².